The van der Waals surface area contributed by atoms with Crippen LogP contribution in [-0.2, 0) is 4.79 Å². The molecule has 0 amide bonds. The van der Waals surface area contributed by atoms with E-state index >= 15 is 0 Å². The maximum Gasteiger partial charge on any atom is 0.160 e. The van der Waals surface area contributed by atoms with Crippen molar-refractivity contribution in [3.8, 4) is 0 Å². The van der Waals surface area contributed by atoms with Gasteiger partial charge in [0.2, 0.25) is 0 Å². The number of carbonyl (C=O) groups is 1. The van der Waals surface area contributed by atoms with Crippen molar-refractivity contribution >= 4 is 5.78 Å². The zero-order valence-electron chi connectivity index (χ0n) is 9.89. The summed E-state index contributed by atoms with van der Waals surface area (Å²) in [6.45, 7) is 8.25. The third kappa shape index (κ3) is 3.28. The Morgan fingerprint density at radius 2 is 1.79 bits per heavy atom. The summed E-state index contributed by atoms with van der Waals surface area (Å²) in [7, 11) is 0. The van der Waals surface area contributed by atoms with E-state index in [1.165, 1.54) is 18.4 Å². The molecule has 0 N–H and O–H groups in total. The van der Waals surface area contributed by atoms with Crippen LogP contribution in [0.2, 0.25) is 0 Å². The van der Waals surface area contributed by atoms with Gasteiger partial charge in [0.05, 0.1) is 0 Å². The standard InChI is InChI=1S/C13H22O/c1-10-5-7-11(8-6-10)9-12(14)13(2,3)4/h9-10H,5-8H2,1-4H3. The van der Waals surface area contributed by atoms with Crippen LogP contribution in [0.25, 0.3) is 0 Å². The lowest BCUT2D eigenvalue weighted by Gasteiger charge is -2.21. The molecule has 1 nitrogen and oxygen atoms in total. The van der Waals surface area contributed by atoms with Gasteiger partial charge in [0.1, 0.15) is 0 Å². The summed E-state index contributed by atoms with van der Waals surface area (Å²) in [6.07, 6.45) is 6.66. The third-order valence-electron chi connectivity index (χ3n) is 2.99. The average molecular weight is 194 g/mol. The normalized spacial score (nSPS) is 23.4. The lowest BCUT2D eigenvalue weighted by Crippen LogP contribution is -2.18. The summed E-state index contributed by atoms with van der Waals surface area (Å²) in [5, 5.41) is 0. The zero-order valence-corrected chi connectivity index (χ0v) is 9.89. The van der Waals surface area contributed by atoms with E-state index in [1.807, 2.05) is 26.8 Å². The number of hydrogen-bond acceptors (Lipinski definition) is 1. The van der Waals surface area contributed by atoms with Crippen LogP contribution in [0, 0.1) is 11.3 Å². The van der Waals surface area contributed by atoms with Crippen LogP contribution in [0.15, 0.2) is 11.6 Å². The molecule has 0 unspecified atom stereocenters. The predicted molar refractivity (Wildman–Crippen MR) is 60.2 cm³/mol. The molecule has 0 aromatic heterocycles. The molecule has 0 radical (unpaired) electrons. The Labute approximate surface area is 87.6 Å². The second-order valence-corrected chi connectivity index (χ2v) is 5.60. The topological polar surface area (TPSA) is 17.1 Å². The Hall–Kier alpha value is -0.590. The molecule has 0 spiro atoms. The quantitative estimate of drug-likeness (QED) is 0.581. The Bertz CT molecular complexity index is 232. The minimum Gasteiger partial charge on any atom is -0.294 e. The van der Waals surface area contributed by atoms with Gasteiger partial charge in [-0.05, 0) is 37.7 Å². The van der Waals surface area contributed by atoms with Crippen molar-refractivity contribution in [1.82, 2.24) is 0 Å². The molecule has 0 atom stereocenters. The van der Waals surface area contributed by atoms with E-state index in [1.54, 1.807) is 0 Å². The van der Waals surface area contributed by atoms with E-state index in [-0.39, 0.29) is 11.2 Å². The van der Waals surface area contributed by atoms with Crippen LogP contribution in [0.5, 0.6) is 0 Å². The van der Waals surface area contributed by atoms with Crippen LogP contribution in [-0.4, -0.2) is 5.78 Å². The van der Waals surface area contributed by atoms with E-state index < -0.39 is 0 Å². The minimum absolute atomic E-state index is 0.212. The van der Waals surface area contributed by atoms with Gasteiger partial charge in [-0.2, -0.15) is 0 Å². The molecule has 0 aromatic carbocycles. The zero-order chi connectivity index (χ0) is 10.8. The summed E-state index contributed by atoms with van der Waals surface area (Å²) in [6, 6.07) is 0. The molecule has 1 fully saturated rings. The Morgan fingerprint density at radius 1 is 1.29 bits per heavy atom. The van der Waals surface area contributed by atoms with Crippen LogP contribution < -0.4 is 0 Å². The SMILES string of the molecule is CC1CCC(=CC(=O)C(C)(C)C)CC1. The van der Waals surface area contributed by atoms with E-state index in [9.17, 15) is 4.79 Å². The highest BCUT2D eigenvalue weighted by molar-refractivity contribution is 5.94. The molecule has 0 saturated heterocycles. The number of rotatable bonds is 1. The maximum absolute atomic E-state index is 11.7. The molecule has 14 heavy (non-hydrogen) atoms. The van der Waals surface area contributed by atoms with Crippen LogP contribution in [0.1, 0.15) is 53.4 Å². The second kappa shape index (κ2) is 4.29. The molecule has 80 valence electrons. The lowest BCUT2D eigenvalue weighted by molar-refractivity contribution is -0.121. The van der Waals surface area contributed by atoms with Crippen molar-refractivity contribution in [3.63, 3.8) is 0 Å². The minimum atomic E-state index is -0.212. The van der Waals surface area contributed by atoms with Crippen molar-refractivity contribution in [2.45, 2.75) is 53.4 Å². The van der Waals surface area contributed by atoms with Crippen LogP contribution >= 0.6 is 0 Å². The highest BCUT2D eigenvalue weighted by Gasteiger charge is 2.20. The lowest BCUT2D eigenvalue weighted by atomic mass is 9.83. The molecule has 1 aliphatic carbocycles. The van der Waals surface area contributed by atoms with Gasteiger partial charge in [0.25, 0.3) is 0 Å². The highest BCUT2D eigenvalue weighted by atomic mass is 16.1. The van der Waals surface area contributed by atoms with Gasteiger partial charge in [-0.25, -0.2) is 0 Å². The van der Waals surface area contributed by atoms with Crippen molar-refractivity contribution in [2.75, 3.05) is 0 Å². The largest absolute Gasteiger partial charge is 0.294 e. The summed E-state index contributed by atoms with van der Waals surface area (Å²) in [4.78, 5) is 11.7. The summed E-state index contributed by atoms with van der Waals surface area (Å²) >= 11 is 0. The number of carbonyl (C=O) groups excluding carboxylic acids is 1. The van der Waals surface area contributed by atoms with Crippen LogP contribution in [0.3, 0.4) is 0 Å². The van der Waals surface area contributed by atoms with Crippen molar-refractivity contribution in [1.29, 1.82) is 0 Å². The summed E-state index contributed by atoms with van der Waals surface area (Å²) in [5.74, 6) is 1.12. The molecule has 1 aliphatic rings. The first kappa shape index (κ1) is 11.5. The molecule has 1 saturated carbocycles. The Morgan fingerprint density at radius 3 is 2.21 bits per heavy atom. The van der Waals surface area contributed by atoms with E-state index in [2.05, 4.69) is 6.92 Å². The monoisotopic (exact) mass is 194 g/mol. The molecular formula is C13H22O. The predicted octanol–water partition coefficient (Wildman–Crippen LogP) is 3.74. The first-order chi connectivity index (χ1) is 6.39. The molecule has 1 rings (SSSR count). The average Bonchev–Trinajstić information content (AvgIpc) is 2.07. The van der Waals surface area contributed by atoms with Gasteiger partial charge < -0.3 is 0 Å². The maximum atomic E-state index is 11.7. The van der Waals surface area contributed by atoms with Crippen molar-refractivity contribution in [2.24, 2.45) is 11.3 Å². The first-order valence-corrected chi connectivity index (χ1v) is 5.63. The molecule has 1 heteroatoms. The van der Waals surface area contributed by atoms with Gasteiger partial charge in [-0.1, -0.05) is 33.3 Å². The first-order valence-electron chi connectivity index (χ1n) is 5.63. The van der Waals surface area contributed by atoms with Crippen molar-refractivity contribution in [3.05, 3.63) is 11.6 Å². The van der Waals surface area contributed by atoms with Gasteiger partial charge in [-0.3, -0.25) is 4.79 Å². The Balaban J connectivity index is 2.57. The summed E-state index contributed by atoms with van der Waals surface area (Å²) < 4.78 is 0. The van der Waals surface area contributed by atoms with E-state index in [4.69, 9.17) is 0 Å². The molecule has 0 aromatic rings. The van der Waals surface area contributed by atoms with Gasteiger partial charge >= 0.3 is 0 Å². The Kier molecular flexibility index (Phi) is 3.52. The fourth-order valence-electron chi connectivity index (χ4n) is 1.68. The van der Waals surface area contributed by atoms with Gasteiger partial charge in [0, 0.05) is 5.41 Å². The van der Waals surface area contributed by atoms with Crippen LogP contribution in [0.4, 0.5) is 0 Å². The number of hydrogen-bond donors (Lipinski definition) is 0. The number of allylic oxidation sites excluding steroid dienone is 2. The fraction of sp³-hybridized carbons (Fsp3) is 0.769. The van der Waals surface area contributed by atoms with Gasteiger partial charge in [0.15, 0.2) is 5.78 Å². The molecule has 0 bridgehead atoms. The smallest absolute Gasteiger partial charge is 0.160 e. The van der Waals surface area contributed by atoms with Crippen molar-refractivity contribution < 1.29 is 4.79 Å². The van der Waals surface area contributed by atoms with E-state index in [0.717, 1.165) is 18.8 Å². The van der Waals surface area contributed by atoms with E-state index in [0.29, 0.717) is 0 Å². The fourth-order valence-corrected chi connectivity index (χ4v) is 1.68. The third-order valence-corrected chi connectivity index (χ3v) is 2.99. The summed E-state index contributed by atoms with van der Waals surface area (Å²) in [5.41, 5.74) is 1.15. The number of ketones is 1. The van der Waals surface area contributed by atoms with Gasteiger partial charge in [-0.15, -0.1) is 0 Å². The molecule has 0 aliphatic heterocycles. The highest BCUT2D eigenvalue weighted by Crippen LogP contribution is 2.28. The molecule has 0 heterocycles. The second-order valence-electron chi connectivity index (χ2n) is 5.60. The molecular weight excluding hydrogens is 172 g/mol.